The summed E-state index contributed by atoms with van der Waals surface area (Å²) in [5.74, 6) is 0.434. The van der Waals surface area contributed by atoms with Crippen molar-refractivity contribution >= 4 is 21.8 Å². The Morgan fingerprint density at radius 1 is 1.42 bits per heavy atom. The molecule has 0 aliphatic carbocycles. The number of carbonyl (C=O) groups is 1. The zero-order chi connectivity index (χ0) is 13.7. The minimum atomic E-state index is 0.207. The summed E-state index contributed by atoms with van der Waals surface area (Å²) >= 11 is 3.50. The van der Waals surface area contributed by atoms with E-state index in [1.54, 1.807) is 0 Å². The first-order valence-electron chi connectivity index (χ1n) is 6.93. The molecule has 104 valence electrons. The van der Waals surface area contributed by atoms with E-state index in [1.807, 2.05) is 13.0 Å². The molecule has 1 heterocycles. The number of nitrogens with one attached hydrogen (secondary N) is 1. The minimum Gasteiger partial charge on any atom is -0.356 e. The van der Waals surface area contributed by atoms with Crippen molar-refractivity contribution in [1.29, 1.82) is 0 Å². The topological polar surface area (TPSA) is 32.3 Å². The molecular formula is C15H21BrN2O. The quantitative estimate of drug-likeness (QED) is 0.923. The molecule has 0 unspecified atom stereocenters. The van der Waals surface area contributed by atoms with E-state index < -0.39 is 0 Å². The molecule has 0 atom stereocenters. The Morgan fingerprint density at radius 2 is 2.16 bits per heavy atom. The Hall–Kier alpha value is -0.870. The van der Waals surface area contributed by atoms with Crippen LogP contribution in [0.25, 0.3) is 0 Å². The van der Waals surface area contributed by atoms with Crippen LogP contribution in [0.2, 0.25) is 0 Å². The normalized spacial score (nSPS) is 17.4. The Labute approximate surface area is 123 Å². The molecule has 2 rings (SSSR count). The third kappa shape index (κ3) is 4.32. The van der Waals surface area contributed by atoms with Gasteiger partial charge in [0.1, 0.15) is 0 Å². The van der Waals surface area contributed by atoms with Gasteiger partial charge in [-0.3, -0.25) is 9.69 Å². The van der Waals surface area contributed by atoms with Gasteiger partial charge in [-0.05, 0) is 50.6 Å². The second-order valence-corrected chi connectivity index (χ2v) is 5.99. The minimum absolute atomic E-state index is 0.207. The number of hydrogen-bond donors (Lipinski definition) is 1. The molecule has 1 N–H and O–H groups in total. The highest BCUT2D eigenvalue weighted by Gasteiger charge is 2.24. The fraction of sp³-hybridized carbons (Fsp3) is 0.533. The molecule has 1 amide bonds. The molecule has 1 aromatic carbocycles. The fourth-order valence-corrected chi connectivity index (χ4v) is 3.01. The lowest BCUT2D eigenvalue weighted by molar-refractivity contribution is -0.126. The maximum atomic E-state index is 11.8. The summed E-state index contributed by atoms with van der Waals surface area (Å²) < 4.78 is 1.13. The molecule has 19 heavy (non-hydrogen) atoms. The summed E-state index contributed by atoms with van der Waals surface area (Å²) in [7, 11) is 0. The van der Waals surface area contributed by atoms with Gasteiger partial charge in [0.2, 0.25) is 5.91 Å². The molecular weight excluding hydrogens is 304 g/mol. The number of benzene rings is 1. The SMILES string of the molecule is CCNC(=O)C1CCN(Cc2cccc(Br)c2)CC1. The van der Waals surface area contributed by atoms with E-state index in [1.165, 1.54) is 5.56 Å². The first kappa shape index (κ1) is 14.5. The van der Waals surface area contributed by atoms with Crippen molar-refractivity contribution in [3.05, 3.63) is 34.3 Å². The summed E-state index contributed by atoms with van der Waals surface area (Å²) in [4.78, 5) is 14.2. The molecule has 0 aromatic heterocycles. The van der Waals surface area contributed by atoms with Crippen LogP contribution in [0.1, 0.15) is 25.3 Å². The fourth-order valence-electron chi connectivity index (χ4n) is 2.57. The second kappa shape index (κ2) is 7.06. The summed E-state index contributed by atoms with van der Waals surface area (Å²) in [6.45, 7) is 5.70. The standard InChI is InChI=1S/C15H21BrN2O/c1-2-17-15(19)13-6-8-18(9-7-13)11-12-4-3-5-14(16)10-12/h3-5,10,13H,2,6-9,11H2,1H3,(H,17,19). The number of rotatable bonds is 4. The highest BCUT2D eigenvalue weighted by Crippen LogP contribution is 2.20. The summed E-state index contributed by atoms with van der Waals surface area (Å²) in [6.07, 6.45) is 1.94. The highest BCUT2D eigenvalue weighted by atomic mass is 79.9. The summed E-state index contributed by atoms with van der Waals surface area (Å²) in [6, 6.07) is 8.43. The monoisotopic (exact) mass is 324 g/mol. The van der Waals surface area contributed by atoms with Crippen LogP contribution in [0.3, 0.4) is 0 Å². The van der Waals surface area contributed by atoms with Crippen molar-refractivity contribution < 1.29 is 4.79 Å². The van der Waals surface area contributed by atoms with Gasteiger partial charge in [0.25, 0.3) is 0 Å². The Bertz CT molecular complexity index is 428. The smallest absolute Gasteiger partial charge is 0.223 e. The predicted octanol–water partition coefficient (Wildman–Crippen LogP) is 2.80. The van der Waals surface area contributed by atoms with Gasteiger partial charge in [-0.1, -0.05) is 28.1 Å². The lowest BCUT2D eigenvalue weighted by atomic mass is 9.95. The van der Waals surface area contributed by atoms with Crippen molar-refractivity contribution in [2.45, 2.75) is 26.3 Å². The Morgan fingerprint density at radius 3 is 2.79 bits per heavy atom. The molecule has 4 heteroatoms. The van der Waals surface area contributed by atoms with Gasteiger partial charge in [0.05, 0.1) is 0 Å². The van der Waals surface area contributed by atoms with Gasteiger partial charge in [-0.2, -0.15) is 0 Å². The van der Waals surface area contributed by atoms with Crippen molar-refractivity contribution in [2.75, 3.05) is 19.6 Å². The lowest BCUT2D eigenvalue weighted by Gasteiger charge is -2.31. The number of nitrogens with zero attached hydrogens (tertiary/aromatic N) is 1. The number of hydrogen-bond acceptors (Lipinski definition) is 2. The maximum absolute atomic E-state index is 11.8. The van der Waals surface area contributed by atoms with E-state index in [9.17, 15) is 4.79 Å². The summed E-state index contributed by atoms with van der Waals surface area (Å²) in [5, 5.41) is 2.92. The van der Waals surface area contributed by atoms with Gasteiger partial charge in [-0.25, -0.2) is 0 Å². The third-order valence-electron chi connectivity index (χ3n) is 3.60. The van der Waals surface area contributed by atoms with Crippen molar-refractivity contribution in [1.82, 2.24) is 10.2 Å². The number of carbonyl (C=O) groups excluding carboxylic acids is 1. The molecule has 1 aliphatic heterocycles. The van der Waals surface area contributed by atoms with Gasteiger partial charge in [-0.15, -0.1) is 0 Å². The molecule has 1 fully saturated rings. The number of likely N-dealkylation sites (tertiary alicyclic amines) is 1. The van der Waals surface area contributed by atoms with Crippen molar-refractivity contribution in [3.8, 4) is 0 Å². The van der Waals surface area contributed by atoms with Gasteiger partial charge < -0.3 is 5.32 Å². The zero-order valence-electron chi connectivity index (χ0n) is 11.4. The van der Waals surface area contributed by atoms with Crippen molar-refractivity contribution in [2.24, 2.45) is 5.92 Å². The zero-order valence-corrected chi connectivity index (χ0v) is 12.9. The second-order valence-electron chi connectivity index (χ2n) is 5.07. The van der Waals surface area contributed by atoms with Crippen molar-refractivity contribution in [3.63, 3.8) is 0 Å². The molecule has 0 radical (unpaired) electrons. The Kier molecular flexibility index (Phi) is 5.40. The van der Waals surface area contributed by atoms with E-state index in [0.29, 0.717) is 0 Å². The maximum Gasteiger partial charge on any atom is 0.223 e. The molecule has 3 nitrogen and oxygen atoms in total. The van der Waals surface area contributed by atoms with E-state index in [-0.39, 0.29) is 11.8 Å². The average Bonchev–Trinajstić information content (AvgIpc) is 2.40. The van der Waals surface area contributed by atoms with E-state index in [2.05, 4.69) is 44.3 Å². The molecule has 0 saturated carbocycles. The number of amides is 1. The van der Waals surface area contributed by atoms with Crippen LogP contribution < -0.4 is 5.32 Å². The van der Waals surface area contributed by atoms with Crippen LogP contribution >= 0.6 is 15.9 Å². The van der Waals surface area contributed by atoms with Crippen LogP contribution in [-0.4, -0.2) is 30.4 Å². The number of piperidine rings is 1. The van der Waals surface area contributed by atoms with Gasteiger partial charge in [0.15, 0.2) is 0 Å². The number of halogens is 1. The van der Waals surface area contributed by atoms with Gasteiger partial charge in [0, 0.05) is 23.5 Å². The molecule has 0 bridgehead atoms. The van der Waals surface area contributed by atoms with Crippen LogP contribution in [-0.2, 0) is 11.3 Å². The molecule has 1 saturated heterocycles. The summed E-state index contributed by atoms with van der Waals surface area (Å²) in [5.41, 5.74) is 1.32. The first-order chi connectivity index (χ1) is 9.19. The lowest BCUT2D eigenvalue weighted by Crippen LogP contribution is -2.40. The largest absolute Gasteiger partial charge is 0.356 e. The van der Waals surface area contributed by atoms with Crippen LogP contribution in [0, 0.1) is 5.92 Å². The van der Waals surface area contributed by atoms with E-state index in [0.717, 1.165) is 43.5 Å². The van der Waals surface area contributed by atoms with Crippen LogP contribution in [0.15, 0.2) is 28.7 Å². The molecule has 0 spiro atoms. The molecule has 1 aromatic rings. The predicted molar refractivity (Wildman–Crippen MR) is 80.8 cm³/mol. The van der Waals surface area contributed by atoms with E-state index in [4.69, 9.17) is 0 Å². The Balaban J connectivity index is 1.82. The first-order valence-corrected chi connectivity index (χ1v) is 7.73. The van der Waals surface area contributed by atoms with Crippen LogP contribution in [0.5, 0.6) is 0 Å². The van der Waals surface area contributed by atoms with E-state index >= 15 is 0 Å². The highest BCUT2D eigenvalue weighted by molar-refractivity contribution is 9.10. The van der Waals surface area contributed by atoms with Crippen LogP contribution in [0.4, 0.5) is 0 Å². The van der Waals surface area contributed by atoms with Gasteiger partial charge >= 0.3 is 0 Å². The molecule has 1 aliphatic rings. The average molecular weight is 325 g/mol. The third-order valence-corrected chi connectivity index (χ3v) is 4.10.